The number of benzene rings is 2. The lowest BCUT2D eigenvalue weighted by Crippen LogP contribution is -2.25. The van der Waals surface area contributed by atoms with E-state index < -0.39 is 21.9 Å². The van der Waals surface area contributed by atoms with Crippen molar-refractivity contribution < 1.29 is 12.8 Å². The maximum atomic E-state index is 13.9. The largest absolute Gasteiger partial charge is 0.247 e. The number of rotatable bonds is 3. The molecule has 0 spiro atoms. The molecule has 4 nitrogen and oxygen atoms in total. The maximum absolute atomic E-state index is 13.9. The van der Waals surface area contributed by atoms with Crippen molar-refractivity contribution in [3.8, 4) is 0 Å². The van der Waals surface area contributed by atoms with Gasteiger partial charge in [-0.1, -0.05) is 48.5 Å². The van der Waals surface area contributed by atoms with Crippen LogP contribution in [0.25, 0.3) is 0 Å². The summed E-state index contributed by atoms with van der Waals surface area (Å²) < 4.78 is 39.0. The summed E-state index contributed by atoms with van der Waals surface area (Å²) in [6.45, 7) is 0. The van der Waals surface area contributed by atoms with E-state index in [1.54, 1.807) is 18.2 Å². The third kappa shape index (κ3) is 2.74. The first-order valence-electron chi connectivity index (χ1n) is 6.83. The molecule has 1 aliphatic heterocycles. The van der Waals surface area contributed by atoms with Crippen molar-refractivity contribution in [3.63, 3.8) is 0 Å². The van der Waals surface area contributed by atoms with Crippen molar-refractivity contribution in [2.75, 3.05) is 6.26 Å². The van der Waals surface area contributed by atoms with Crippen LogP contribution < -0.4 is 0 Å². The van der Waals surface area contributed by atoms with Crippen LogP contribution >= 0.6 is 0 Å². The van der Waals surface area contributed by atoms with E-state index in [0.29, 0.717) is 17.7 Å². The first-order valence-corrected chi connectivity index (χ1v) is 8.68. The monoisotopic (exact) mass is 318 g/mol. The Bertz CT molecular complexity index is 819. The molecule has 0 fully saturated rings. The highest BCUT2D eigenvalue weighted by atomic mass is 32.2. The van der Waals surface area contributed by atoms with Gasteiger partial charge in [-0.25, -0.2) is 12.8 Å². The summed E-state index contributed by atoms with van der Waals surface area (Å²) in [4.78, 5) is 0. The Morgan fingerprint density at radius 1 is 1.09 bits per heavy atom. The molecule has 3 rings (SSSR count). The normalized spacial score (nSPS) is 18.4. The number of hydrazone groups is 1. The van der Waals surface area contributed by atoms with Crippen molar-refractivity contribution in [1.82, 2.24) is 4.41 Å². The Balaban J connectivity index is 2.04. The molecule has 114 valence electrons. The highest BCUT2D eigenvalue weighted by Crippen LogP contribution is 2.34. The van der Waals surface area contributed by atoms with E-state index in [1.807, 2.05) is 30.3 Å². The molecular formula is C16H15FN2O2S. The molecule has 22 heavy (non-hydrogen) atoms. The van der Waals surface area contributed by atoms with E-state index in [2.05, 4.69) is 5.10 Å². The summed E-state index contributed by atoms with van der Waals surface area (Å²) in [5.74, 6) is -0.400. The van der Waals surface area contributed by atoms with E-state index >= 15 is 0 Å². The smallest absolute Gasteiger partial charge is 0.206 e. The molecule has 0 aliphatic carbocycles. The molecule has 0 saturated carbocycles. The highest BCUT2D eigenvalue weighted by molar-refractivity contribution is 7.88. The minimum atomic E-state index is -3.53. The zero-order chi connectivity index (χ0) is 15.7. The van der Waals surface area contributed by atoms with Crippen molar-refractivity contribution in [2.45, 2.75) is 12.5 Å². The van der Waals surface area contributed by atoms with Crippen molar-refractivity contribution in [2.24, 2.45) is 5.10 Å². The summed E-state index contributed by atoms with van der Waals surface area (Å²) in [5, 5.41) is 4.17. The molecule has 1 aliphatic rings. The molecule has 6 heteroatoms. The van der Waals surface area contributed by atoms with Crippen LogP contribution in [0.4, 0.5) is 4.39 Å². The van der Waals surface area contributed by atoms with Crippen LogP contribution in [0.15, 0.2) is 59.7 Å². The Kier molecular flexibility index (Phi) is 3.70. The van der Waals surface area contributed by atoms with E-state index in [-0.39, 0.29) is 0 Å². The predicted molar refractivity (Wildman–Crippen MR) is 83.4 cm³/mol. The molecule has 0 aromatic heterocycles. The van der Waals surface area contributed by atoms with Gasteiger partial charge >= 0.3 is 0 Å². The molecule has 2 aromatic carbocycles. The number of hydrogen-bond acceptors (Lipinski definition) is 3. The maximum Gasteiger partial charge on any atom is 0.247 e. The molecular weight excluding hydrogens is 303 g/mol. The van der Waals surface area contributed by atoms with E-state index in [0.717, 1.165) is 16.2 Å². The molecule has 0 saturated heterocycles. The lowest BCUT2D eigenvalue weighted by molar-refractivity contribution is 0.375. The number of sulfonamides is 1. The van der Waals surface area contributed by atoms with E-state index in [1.165, 1.54) is 6.07 Å². The quantitative estimate of drug-likeness (QED) is 0.873. The van der Waals surface area contributed by atoms with Gasteiger partial charge in [0.25, 0.3) is 0 Å². The van der Waals surface area contributed by atoms with Gasteiger partial charge in [-0.15, -0.1) is 0 Å². The molecule has 1 heterocycles. The summed E-state index contributed by atoms with van der Waals surface area (Å²) in [5.41, 5.74) is 1.62. The van der Waals surface area contributed by atoms with Crippen molar-refractivity contribution in [3.05, 3.63) is 71.5 Å². The van der Waals surface area contributed by atoms with Crippen LogP contribution in [0.5, 0.6) is 0 Å². The lowest BCUT2D eigenvalue weighted by Gasteiger charge is -2.21. The minimum Gasteiger partial charge on any atom is -0.206 e. The fourth-order valence-electron chi connectivity index (χ4n) is 2.58. The predicted octanol–water partition coefficient (Wildman–Crippen LogP) is 2.94. The number of hydrogen-bond donors (Lipinski definition) is 0. The van der Waals surface area contributed by atoms with Crippen LogP contribution in [0, 0.1) is 5.82 Å². The SMILES string of the molecule is CS(=O)(=O)N1N=C(c2ccccc2F)CC1c1ccccc1. The third-order valence-electron chi connectivity index (χ3n) is 3.58. The molecule has 0 N–H and O–H groups in total. The van der Waals surface area contributed by atoms with Gasteiger partial charge in [0.2, 0.25) is 10.0 Å². The topological polar surface area (TPSA) is 49.7 Å². The summed E-state index contributed by atoms with van der Waals surface area (Å²) in [6.07, 6.45) is 1.45. The second-order valence-corrected chi connectivity index (χ2v) is 7.03. The van der Waals surface area contributed by atoms with Gasteiger partial charge in [-0.3, -0.25) is 0 Å². The third-order valence-corrected chi connectivity index (χ3v) is 4.60. The average Bonchev–Trinajstić information content (AvgIpc) is 2.94. The van der Waals surface area contributed by atoms with E-state index in [4.69, 9.17) is 0 Å². The zero-order valence-electron chi connectivity index (χ0n) is 12.0. The molecule has 2 aromatic rings. The Morgan fingerprint density at radius 3 is 2.36 bits per heavy atom. The van der Waals surface area contributed by atoms with Gasteiger partial charge in [0.1, 0.15) is 5.82 Å². The number of halogens is 1. The lowest BCUT2D eigenvalue weighted by atomic mass is 9.99. The van der Waals surface area contributed by atoms with Crippen LogP contribution in [0.1, 0.15) is 23.6 Å². The van der Waals surface area contributed by atoms with E-state index in [9.17, 15) is 12.8 Å². The Labute approximate surface area is 128 Å². The summed E-state index contributed by atoms with van der Waals surface area (Å²) in [6, 6.07) is 15.1. The first kappa shape index (κ1) is 14.7. The first-order chi connectivity index (χ1) is 10.5. The minimum absolute atomic E-state index is 0.342. The van der Waals surface area contributed by atoms with Crippen molar-refractivity contribution in [1.29, 1.82) is 0 Å². The molecule has 0 bridgehead atoms. The number of nitrogens with zero attached hydrogens (tertiary/aromatic N) is 2. The molecule has 1 atom stereocenters. The van der Waals surface area contributed by atoms with Gasteiger partial charge in [-0.2, -0.15) is 9.52 Å². The van der Waals surface area contributed by atoms with Crippen molar-refractivity contribution >= 4 is 15.7 Å². The fourth-order valence-corrected chi connectivity index (χ4v) is 3.48. The van der Waals surface area contributed by atoms with Gasteiger partial charge in [-0.05, 0) is 11.6 Å². The van der Waals surface area contributed by atoms with Gasteiger partial charge in [0.05, 0.1) is 18.0 Å². The van der Waals surface area contributed by atoms with Crippen LogP contribution in [0.2, 0.25) is 0 Å². The Hall–Kier alpha value is -2.21. The van der Waals surface area contributed by atoms with Crippen LogP contribution in [-0.2, 0) is 10.0 Å². The van der Waals surface area contributed by atoms with Crippen LogP contribution in [-0.4, -0.2) is 24.8 Å². The average molecular weight is 318 g/mol. The Morgan fingerprint density at radius 2 is 1.73 bits per heavy atom. The summed E-state index contributed by atoms with van der Waals surface area (Å²) in [7, 11) is -3.53. The van der Waals surface area contributed by atoms with Gasteiger partial charge in [0, 0.05) is 12.0 Å². The summed E-state index contributed by atoms with van der Waals surface area (Å²) >= 11 is 0. The standard InChI is InChI=1S/C16H15FN2O2S/c1-22(20,21)19-16(12-7-3-2-4-8-12)11-15(18-19)13-9-5-6-10-14(13)17/h2-10,16H,11H2,1H3. The molecule has 0 amide bonds. The second-order valence-electron chi connectivity index (χ2n) is 5.19. The van der Waals surface area contributed by atoms with Gasteiger partial charge in [0.15, 0.2) is 0 Å². The second kappa shape index (κ2) is 5.53. The molecule has 1 unspecified atom stereocenters. The fraction of sp³-hybridized carbons (Fsp3) is 0.188. The van der Waals surface area contributed by atoms with Gasteiger partial charge < -0.3 is 0 Å². The van der Waals surface area contributed by atoms with Crippen LogP contribution in [0.3, 0.4) is 0 Å². The molecule has 0 radical (unpaired) electrons. The zero-order valence-corrected chi connectivity index (χ0v) is 12.8. The highest BCUT2D eigenvalue weighted by Gasteiger charge is 2.34.